The number of amides is 2. The third kappa shape index (κ3) is 4.47. The zero-order valence-corrected chi connectivity index (χ0v) is 14.9. The Labute approximate surface area is 152 Å². The number of carbonyl (C=O) groups excluding carboxylic acids is 2. The molecule has 0 aliphatic rings. The van der Waals surface area contributed by atoms with Crippen LogP contribution < -0.4 is 10.6 Å². The minimum absolute atomic E-state index is 0.148. The Morgan fingerprint density at radius 2 is 1.85 bits per heavy atom. The van der Waals surface area contributed by atoms with Gasteiger partial charge in [0.05, 0.1) is 30.0 Å². The molecule has 2 amide bonds. The van der Waals surface area contributed by atoms with E-state index < -0.39 is 0 Å². The average molecular weight is 350 g/mol. The fourth-order valence-corrected chi connectivity index (χ4v) is 2.83. The Hall–Kier alpha value is -3.15. The molecule has 134 valence electrons. The van der Waals surface area contributed by atoms with Gasteiger partial charge in [0, 0.05) is 6.92 Å². The Balaban J connectivity index is 1.63. The van der Waals surface area contributed by atoms with Crippen molar-refractivity contribution >= 4 is 22.8 Å². The molecular formula is C20H22N4O2. The molecule has 6 nitrogen and oxygen atoms in total. The summed E-state index contributed by atoms with van der Waals surface area (Å²) in [5.41, 5.74) is 3.84. The number of aryl methyl sites for hydroxylation is 1. The number of nitrogens with zero attached hydrogens (tertiary/aromatic N) is 1. The lowest BCUT2D eigenvalue weighted by Gasteiger charge is -2.18. The molecule has 1 heterocycles. The van der Waals surface area contributed by atoms with Crippen molar-refractivity contribution in [2.45, 2.75) is 32.9 Å². The molecular weight excluding hydrogens is 328 g/mol. The van der Waals surface area contributed by atoms with Gasteiger partial charge in [-0.25, -0.2) is 4.98 Å². The maximum Gasteiger partial charge on any atom is 0.222 e. The smallest absolute Gasteiger partial charge is 0.222 e. The van der Waals surface area contributed by atoms with E-state index in [1.807, 2.05) is 55.5 Å². The SMILES string of the molecule is CC(=O)NC(CC(=O)NCc1nc2ccccc2[nH]1)c1ccc(C)cc1. The fourth-order valence-electron chi connectivity index (χ4n) is 2.83. The summed E-state index contributed by atoms with van der Waals surface area (Å²) in [5.74, 6) is 0.386. The number of benzene rings is 2. The molecule has 0 radical (unpaired) electrons. The van der Waals surface area contributed by atoms with Crippen molar-refractivity contribution in [2.75, 3.05) is 0 Å². The van der Waals surface area contributed by atoms with Crippen molar-refractivity contribution in [3.05, 3.63) is 65.5 Å². The highest BCUT2D eigenvalue weighted by Gasteiger charge is 2.17. The number of imidazole rings is 1. The zero-order chi connectivity index (χ0) is 18.5. The van der Waals surface area contributed by atoms with E-state index in [-0.39, 0.29) is 24.3 Å². The largest absolute Gasteiger partial charge is 0.349 e. The van der Waals surface area contributed by atoms with Crippen LogP contribution in [0.25, 0.3) is 11.0 Å². The molecule has 0 bridgehead atoms. The quantitative estimate of drug-likeness (QED) is 0.639. The number of para-hydroxylation sites is 2. The Morgan fingerprint density at radius 3 is 2.54 bits per heavy atom. The van der Waals surface area contributed by atoms with Crippen LogP contribution in [0.5, 0.6) is 0 Å². The minimum Gasteiger partial charge on any atom is -0.349 e. The van der Waals surface area contributed by atoms with E-state index in [9.17, 15) is 9.59 Å². The predicted octanol–water partition coefficient (Wildman–Crippen LogP) is 2.76. The molecule has 0 aliphatic heterocycles. The number of fused-ring (bicyclic) bond motifs is 1. The number of hydrogen-bond acceptors (Lipinski definition) is 3. The van der Waals surface area contributed by atoms with Gasteiger partial charge in [-0.2, -0.15) is 0 Å². The van der Waals surface area contributed by atoms with Gasteiger partial charge < -0.3 is 15.6 Å². The minimum atomic E-state index is -0.358. The highest BCUT2D eigenvalue weighted by atomic mass is 16.2. The van der Waals surface area contributed by atoms with Gasteiger partial charge in [0.25, 0.3) is 0 Å². The summed E-state index contributed by atoms with van der Waals surface area (Å²) in [4.78, 5) is 31.5. The van der Waals surface area contributed by atoms with Crippen LogP contribution in [-0.4, -0.2) is 21.8 Å². The number of carbonyl (C=O) groups is 2. The van der Waals surface area contributed by atoms with Crippen LogP contribution in [0.2, 0.25) is 0 Å². The summed E-state index contributed by atoms with van der Waals surface area (Å²) in [6.07, 6.45) is 0.170. The second-order valence-electron chi connectivity index (χ2n) is 6.35. The first-order valence-electron chi connectivity index (χ1n) is 8.55. The van der Waals surface area contributed by atoms with Crippen molar-refractivity contribution < 1.29 is 9.59 Å². The predicted molar refractivity (Wildman–Crippen MR) is 100 cm³/mol. The molecule has 0 fully saturated rings. The molecule has 0 saturated carbocycles. The van der Waals surface area contributed by atoms with Gasteiger partial charge in [0.1, 0.15) is 5.82 Å². The molecule has 2 aromatic carbocycles. The van der Waals surface area contributed by atoms with Gasteiger partial charge in [-0.1, -0.05) is 42.0 Å². The standard InChI is InChI=1S/C20H22N4O2/c1-13-7-9-15(10-8-13)18(22-14(2)25)11-20(26)21-12-19-23-16-5-3-4-6-17(16)24-19/h3-10,18H,11-12H2,1-2H3,(H,21,26)(H,22,25)(H,23,24). The van der Waals surface area contributed by atoms with Gasteiger partial charge in [-0.3, -0.25) is 9.59 Å². The molecule has 1 unspecified atom stereocenters. The normalized spacial score (nSPS) is 11.9. The average Bonchev–Trinajstić information content (AvgIpc) is 3.03. The molecule has 3 aromatic rings. The molecule has 26 heavy (non-hydrogen) atoms. The highest BCUT2D eigenvalue weighted by Crippen LogP contribution is 2.18. The molecule has 0 saturated heterocycles. The maximum absolute atomic E-state index is 12.4. The van der Waals surface area contributed by atoms with Crippen molar-refractivity contribution in [1.82, 2.24) is 20.6 Å². The van der Waals surface area contributed by atoms with Gasteiger partial charge >= 0.3 is 0 Å². The molecule has 0 aliphatic carbocycles. The van der Waals surface area contributed by atoms with Gasteiger partial charge in [-0.05, 0) is 24.6 Å². The summed E-state index contributed by atoms with van der Waals surface area (Å²) in [6, 6.07) is 15.2. The van der Waals surface area contributed by atoms with E-state index in [0.717, 1.165) is 22.2 Å². The molecule has 3 N–H and O–H groups in total. The van der Waals surface area contributed by atoms with Gasteiger partial charge in [0.15, 0.2) is 0 Å². The number of hydrogen-bond donors (Lipinski definition) is 3. The Kier molecular flexibility index (Phi) is 5.31. The van der Waals surface area contributed by atoms with Crippen molar-refractivity contribution in [3.8, 4) is 0 Å². The van der Waals surface area contributed by atoms with E-state index in [0.29, 0.717) is 12.4 Å². The van der Waals surface area contributed by atoms with Gasteiger partial charge in [0.2, 0.25) is 11.8 Å². The fraction of sp³-hybridized carbons (Fsp3) is 0.250. The molecule has 6 heteroatoms. The van der Waals surface area contributed by atoms with Crippen LogP contribution >= 0.6 is 0 Å². The zero-order valence-electron chi connectivity index (χ0n) is 14.9. The third-order valence-electron chi connectivity index (χ3n) is 4.14. The second kappa shape index (κ2) is 7.82. The number of aromatic amines is 1. The van der Waals surface area contributed by atoms with E-state index >= 15 is 0 Å². The first-order chi connectivity index (χ1) is 12.5. The molecule has 0 spiro atoms. The molecule has 1 aromatic heterocycles. The van der Waals surface area contributed by atoms with Crippen molar-refractivity contribution in [2.24, 2.45) is 0 Å². The van der Waals surface area contributed by atoms with Crippen LogP contribution in [0.3, 0.4) is 0 Å². The first kappa shape index (κ1) is 17.7. The number of aromatic nitrogens is 2. The van der Waals surface area contributed by atoms with Crippen molar-refractivity contribution in [3.63, 3.8) is 0 Å². The summed E-state index contributed by atoms with van der Waals surface area (Å²) in [7, 11) is 0. The lowest BCUT2D eigenvalue weighted by molar-refractivity contribution is -0.123. The van der Waals surface area contributed by atoms with Crippen LogP contribution in [0.1, 0.15) is 36.3 Å². The lowest BCUT2D eigenvalue weighted by atomic mass is 10.0. The second-order valence-corrected chi connectivity index (χ2v) is 6.35. The summed E-state index contributed by atoms with van der Waals surface area (Å²) >= 11 is 0. The maximum atomic E-state index is 12.4. The molecule has 1 atom stereocenters. The Bertz CT molecular complexity index is 882. The van der Waals surface area contributed by atoms with Crippen LogP contribution in [-0.2, 0) is 16.1 Å². The number of nitrogens with one attached hydrogen (secondary N) is 3. The monoisotopic (exact) mass is 350 g/mol. The topological polar surface area (TPSA) is 86.9 Å². The number of rotatable bonds is 6. The highest BCUT2D eigenvalue weighted by molar-refractivity contribution is 5.79. The van der Waals surface area contributed by atoms with Crippen LogP contribution in [0, 0.1) is 6.92 Å². The van der Waals surface area contributed by atoms with E-state index in [1.54, 1.807) is 0 Å². The summed E-state index contributed by atoms with van der Waals surface area (Å²) in [5, 5.41) is 5.70. The first-order valence-corrected chi connectivity index (χ1v) is 8.55. The lowest BCUT2D eigenvalue weighted by Crippen LogP contribution is -2.32. The number of H-pyrrole nitrogens is 1. The summed E-state index contributed by atoms with van der Waals surface area (Å²) < 4.78 is 0. The van der Waals surface area contributed by atoms with Crippen LogP contribution in [0.15, 0.2) is 48.5 Å². The Morgan fingerprint density at radius 1 is 1.12 bits per heavy atom. The van der Waals surface area contributed by atoms with Gasteiger partial charge in [-0.15, -0.1) is 0 Å². The van der Waals surface area contributed by atoms with E-state index in [2.05, 4.69) is 20.6 Å². The summed E-state index contributed by atoms with van der Waals surface area (Å²) in [6.45, 7) is 3.76. The van der Waals surface area contributed by atoms with Crippen LogP contribution in [0.4, 0.5) is 0 Å². The third-order valence-corrected chi connectivity index (χ3v) is 4.14. The van der Waals surface area contributed by atoms with E-state index in [4.69, 9.17) is 0 Å². The van der Waals surface area contributed by atoms with Crippen molar-refractivity contribution in [1.29, 1.82) is 0 Å². The van der Waals surface area contributed by atoms with E-state index in [1.165, 1.54) is 6.92 Å². The molecule has 3 rings (SSSR count).